The number of hydrogen-bond acceptors (Lipinski definition) is 3. The molecule has 5 nitrogen and oxygen atoms in total. The average Bonchev–Trinajstić information content (AvgIpc) is 2.69. The SMILES string of the molecule is CC1CCN(C(=O)c2ccc(NCC(=O)Nc3ccc(Br)cc3)cc2)CC1. The lowest BCUT2D eigenvalue weighted by Crippen LogP contribution is -2.37. The molecule has 0 saturated carbocycles. The molecule has 1 fully saturated rings. The van der Waals surface area contributed by atoms with Gasteiger partial charge in [-0.15, -0.1) is 0 Å². The third-order valence-electron chi connectivity index (χ3n) is 4.78. The van der Waals surface area contributed by atoms with Gasteiger partial charge in [-0.1, -0.05) is 22.9 Å². The summed E-state index contributed by atoms with van der Waals surface area (Å²) in [5.74, 6) is 0.658. The summed E-state index contributed by atoms with van der Waals surface area (Å²) in [7, 11) is 0. The quantitative estimate of drug-likeness (QED) is 0.741. The zero-order chi connectivity index (χ0) is 19.2. The number of halogens is 1. The zero-order valence-corrected chi connectivity index (χ0v) is 17.0. The van der Waals surface area contributed by atoms with Gasteiger partial charge in [-0.2, -0.15) is 0 Å². The van der Waals surface area contributed by atoms with Gasteiger partial charge in [-0.3, -0.25) is 9.59 Å². The van der Waals surface area contributed by atoms with Crippen LogP contribution in [0, 0.1) is 5.92 Å². The second-order valence-corrected chi connectivity index (χ2v) is 7.88. The Balaban J connectivity index is 1.49. The summed E-state index contributed by atoms with van der Waals surface area (Å²) in [6.45, 7) is 4.05. The van der Waals surface area contributed by atoms with E-state index < -0.39 is 0 Å². The van der Waals surface area contributed by atoms with E-state index in [1.807, 2.05) is 53.4 Å². The lowest BCUT2D eigenvalue weighted by molar-refractivity contribution is -0.114. The molecule has 2 aromatic carbocycles. The van der Waals surface area contributed by atoms with Gasteiger partial charge in [0.15, 0.2) is 0 Å². The second-order valence-electron chi connectivity index (χ2n) is 6.96. The Morgan fingerprint density at radius 1 is 1.00 bits per heavy atom. The maximum Gasteiger partial charge on any atom is 0.253 e. The number of nitrogens with zero attached hydrogens (tertiary/aromatic N) is 1. The van der Waals surface area contributed by atoms with E-state index >= 15 is 0 Å². The van der Waals surface area contributed by atoms with Gasteiger partial charge < -0.3 is 15.5 Å². The zero-order valence-electron chi connectivity index (χ0n) is 15.4. The molecule has 0 unspecified atom stereocenters. The van der Waals surface area contributed by atoms with Crippen molar-refractivity contribution in [1.82, 2.24) is 4.90 Å². The number of piperidine rings is 1. The van der Waals surface area contributed by atoms with E-state index in [0.29, 0.717) is 11.5 Å². The molecule has 0 spiro atoms. The van der Waals surface area contributed by atoms with Crippen molar-refractivity contribution in [2.24, 2.45) is 5.92 Å². The summed E-state index contributed by atoms with van der Waals surface area (Å²) in [4.78, 5) is 26.5. The third-order valence-corrected chi connectivity index (χ3v) is 5.31. The number of anilines is 2. The molecule has 1 aliphatic heterocycles. The van der Waals surface area contributed by atoms with E-state index in [1.54, 1.807) is 0 Å². The van der Waals surface area contributed by atoms with Crippen LogP contribution < -0.4 is 10.6 Å². The van der Waals surface area contributed by atoms with Crippen molar-refractivity contribution in [2.75, 3.05) is 30.3 Å². The van der Waals surface area contributed by atoms with Gasteiger partial charge in [0.05, 0.1) is 6.54 Å². The van der Waals surface area contributed by atoms with Gasteiger partial charge in [0.2, 0.25) is 5.91 Å². The van der Waals surface area contributed by atoms with Gasteiger partial charge >= 0.3 is 0 Å². The van der Waals surface area contributed by atoms with Gasteiger partial charge in [0.25, 0.3) is 5.91 Å². The molecule has 1 saturated heterocycles. The van der Waals surface area contributed by atoms with Crippen LogP contribution in [-0.2, 0) is 4.79 Å². The minimum atomic E-state index is -0.125. The van der Waals surface area contributed by atoms with Crippen molar-refractivity contribution in [2.45, 2.75) is 19.8 Å². The lowest BCUT2D eigenvalue weighted by Gasteiger charge is -2.30. The normalized spacial score (nSPS) is 14.7. The molecule has 2 aromatic rings. The molecular formula is C21H24BrN3O2. The van der Waals surface area contributed by atoms with Crippen molar-refractivity contribution in [3.8, 4) is 0 Å². The van der Waals surface area contributed by atoms with E-state index in [4.69, 9.17) is 0 Å². The van der Waals surface area contributed by atoms with E-state index in [1.165, 1.54) is 0 Å². The number of nitrogens with one attached hydrogen (secondary N) is 2. The summed E-state index contributed by atoms with van der Waals surface area (Å²) < 4.78 is 0.965. The topological polar surface area (TPSA) is 61.4 Å². The Morgan fingerprint density at radius 2 is 1.59 bits per heavy atom. The van der Waals surface area contributed by atoms with Crippen molar-refractivity contribution < 1.29 is 9.59 Å². The van der Waals surface area contributed by atoms with Crippen LogP contribution in [0.4, 0.5) is 11.4 Å². The van der Waals surface area contributed by atoms with Crippen LogP contribution in [0.5, 0.6) is 0 Å². The van der Waals surface area contributed by atoms with Crippen LogP contribution in [0.1, 0.15) is 30.1 Å². The number of hydrogen-bond donors (Lipinski definition) is 2. The fourth-order valence-corrected chi connectivity index (χ4v) is 3.31. The Hall–Kier alpha value is -2.34. The molecule has 27 heavy (non-hydrogen) atoms. The average molecular weight is 430 g/mol. The second kappa shape index (κ2) is 9.04. The maximum absolute atomic E-state index is 12.5. The van der Waals surface area contributed by atoms with Crippen molar-refractivity contribution in [1.29, 1.82) is 0 Å². The van der Waals surface area contributed by atoms with E-state index in [2.05, 4.69) is 33.5 Å². The van der Waals surface area contributed by atoms with E-state index in [-0.39, 0.29) is 18.4 Å². The molecule has 2 N–H and O–H groups in total. The molecule has 142 valence electrons. The highest BCUT2D eigenvalue weighted by atomic mass is 79.9. The first-order chi connectivity index (χ1) is 13.0. The summed E-state index contributed by atoms with van der Waals surface area (Å²) in [6, 6.07) is 14.7. The number of likely N-dealkylation sites (tertiary alicyclic amines) is 1. The van der Waals surface area contributed by atoms with Gasteiger partial charge in [0, 0.05) is 34.5 Å². The molecular weight excluding hydrogens is 406 g/mol. The molecule has 1 aliphatic rings. The molecule has 0 aliphatic carbocycles. The molecule has 2 amide bonds. The Morgan fingerprint density at radius 3 is 2.22 bits per heavy atom. The molecule has 0 bridgehead atoms. The van der Waals surface area contributed by atoms with Gasteiger partial charge in [-0.25, -0.2) is 0 Å². The van der Waals surface area contributed by atoms with Crippen molar-refractivity contribution >= 4 is 39.1 Å². The predicted octanol–water partition coefficient (Wildman–Crippen LogP) is 4.37. The fourth-order valence-electron chi connectivity index (χ4n) is 3.05. The van der Waals surface area contributed by atoms with Crippen molar-refractivity contribution in [3.63, 3.8) is 0 Å². The first-order valence-corrected chi connectivity index (χ1v) is 9.99. The number of carbonyl (C=O) groups is 2. The molecule has 0 radical (unpaired) electrons. The van der Waals surface area contributed by atoms with Crippen LogP contribution in [0.3, 0.4) is 0 Å². The number of amides is 2. The minimum Gasteiger partial charge on any atom is -0.376 e. The number of benzene rings is 2. The van der Waals surface area contributed by atoms with Crippen LogP contribution in [0.25, 0.3) is 0 Å². The standard InChI is InChI=1S/C21H24BrN3O2/c1-15-10-12-25(13-11-15)21(27)16-2-6-18(7-3-16)23-14-20(26)24-19-8-4-17(22)5-9-19/h2-9,15,23H,10-14H2,1H3,(H,24,26). The molecule has 0 aromatic heterocycles. The Bertz CT molecular complexity index is 782. The van der Waals surface area contributed by atoms with Crippen LogP contribution in [0.2, 0.25) is 0 Å². The summed E-state index contributed by atoms with van der Waals surface area (Å²) >= 11 is 3.36. The summed E-state index contributed by atoms with van der Waals surface area (Å²) in [6.07, 6.45) is 2.14. The molecule has 3 rings (SSSR count). The highest BCUT2D eigenvalue weighted by Gasteiger charge is 2.21. The first-order valence-electron chi connectivity index (χ1n) is 9.20. The molecule has 1 heterocycles. The predicted molar refractivity (Wildman–Crippen MR) is 112 cm³/mol. The van der Waals surface area contributed by atoms with E-state index in [9.17, 15) is 9.59 Å². The van der Waals surface area contributed by atoms with Gasteiger partial charge in [-0.05, 0) is 67.3 Å². The number of carbonyl (C=O) groups excluding carboxylic acids is 2. The lowest BCUT2D eigenvalue weighted by atomic mass is 9.98. The smallest absolute Gasteiger partial charge is 0.253 e. The van der Waals surface area contributed by atoms with Crippen LogP contribution in [0.15, 0.2) is 53.0 Å². The molecule has 6 heteroatoms. The largest absolute Gasteiger partial charge is 0.376 e. The van der Waals surface area contributed by atoms with Gasteiger partial charge in [0.1, 0.15) is 0 Å². The van der Waals surface area contributed by atoms with Crippen LogP contribution in [-0.4, -0.2) is 36.3 Å². The minimum absolute atomic E-state index is 0.0847. The Labute approximate surface area is 168 Å². The van der Waals surface area contributed by atoms with Crippen molar-refractivity contribution in [3.05, 3.63) is 58.6 Å². The maximum atomic E-state index is 12.5. The fraction of sp³-hybridized carbons (Fsp3) is 0.333. The van der Waals surface area contributed by atoms with E-state index in [0.717, 1.165) is 41.8 Å². The Kier molecular flexibility index (Phi) is 6.50. The summed E-state index contributed by atoms with van der Waals surface area (Å²) in [5.41, 5.74) is 2.25. The number of rotatable bonds is 5. The molecule has 0 atom stereocenters. The first kappa shape index (κ1) is 19.4. The monoisotopic (exact) mass is 429 g/mol. The van der Waals surface area contributed by atoms with Crippen LogP contribution >= 0.6 is 15.9 Å². The highest BCUT2D eigenvalue weighted by molar-refractivity contribution is 9.10. The third kappa shape index (κ3) is 5.57. The summed E-state index contributed by atoms with van der Waals surface area (Å²) in [5, 5.41) is 5.91. The highest BCUT2D eigenvalue weighted by Crippen LogP contribution is 2.19.